The number of para-hydroxylation sites is 1. The van der Waals surface area contributed by atoms with Gasteiger partial charge in [-0.1, -0.05) is 24.3 Å². The number of rotatable bonds is 10. The molecule has 0 heterocycles. The topological polar surface area (TPSA) is 44.8 Å². The van der Waals surface area contributed by atoms with Crippen molar-refractivity contribution in [2.24, 2.45) is 5.92 Å². The number of carbonyl (C=O) groups is 1. The first-order chi connectivity index (χ1) is 18.6. The highest BCUT2D eigenvalue weighted by molar-refractivity contribution is 7.98. The van der Waals surface area contributed by atoms with Gasteiger partial charge in [0.05, 0.1) is 19.1 Å². The molecule has 5 rings (SSSR count). The van der Waals surface area contributed by atoms with E-state index in [4.69, 9.17) is 14.2 Å². The normalized spacial score (nSPS) is 13.8. The molecule has 0 N–H and O–H groups in total. The van der Waals surface area contributed by atoms with Gasteiger partial charge in [0, 0.05) is 5.56 Å². The van der Waals surface area contributed by atoms with Crippen LogP contribution in [0.5, 0.6) is 11.5 Å². The van der Waals surface area contributed by atoms with Gasteiger partial charge in [0.2, 0.25) is 0 Å². The lowest BCUT2D eigenvalue weighted by Gasteiger charge is -2.15. The number of benzene rings is 3. The summed E-state index contributed by atoms with van der Waals surface area (Å²) in [5, 5.41) is 0. The summed E-state index contributed by atoms with van der Waals surface area (Å²) in [4.78, 5) is 10.6. The summed E-state index contributed by atoms with van der Waals surface area (Å²) in [7, 11) is 0. The minimum absolute atomic E-state index is 0.00694. The van der Waals surface area contributed by atoms with Crippen LogP contribution in [0.4, 0.5) is 4.39 Å². The molecular weight excluding hydrogens is 499 g/mol. The fourth-order valence-corrected chi connectivity index (χ4v) is 4.88. The molecule has 0 aromatic heterocycles. The lowest BCUT2D eigenvalue weighted by molar-refractivity contribution is -0.144. The first-order valence-corrected chi connectivity index (χ1v) is 14.9. The predicted octanol–water partition coefficient (Wildman–Crippen LogP) is 7.65. The molecule has 1 fully saturated rings. The molecule has 202 valence electrons. The zero-order valence-corrected chi connectivity index (χ0v) is 23.2. The molecule has 0 bridgehead atoms. The lowest BCUT2D eigenvalue weighted by atomic mass is 9.94. The maximum atomic E-state index is 14.8. The highest BCUT2D eigenvalue weighted by atomic mass is 32.2. The number of carbonyl (C=O) groups excluding carboxylic acids is 1. The molecule has 0 atom stereocenters. The summed E-state index contributed by atoms with van der Waals surface area (Å²) in [6.45, 7) is 3.31. The molecule has 3 aromatic rings. The van der Waals surface area contributed by atoms with Gasteiger partial charge in [-0.2, -0.15) is 11.8 Å². The number of fused-ring (bicyclic) bond motifs is 3. The third-order valence-corrected chi connectivity index (χ3v) is 7.32. The van der Waals surface area contributed by atoms with E-state index in [9.17, 15) is 9.18 Å². The van der Waals surface area contributed by atoms with Crippen LogP contribution in [-0.4, -0.2) is 31.2 Å². The minimum atomic E-state index is -0.193. The lowest BCUT2D eigenvalue weighted by Crippen LogP contribution is -2.04. The van der Waals surface area contributed by atoms with Crippen LogP contribution in [0.1, 0.15) is 49.3 Å². The Hall–Kier alpha value is -2.99. The van der Waals surface area contributed by atoms with E-state index in [1.165, 1.54) is 11.1 Å². The van der Waals surface area contributed by atoms with Crippen molar-refractivity contribution in [2.45, 2.75) is 52.1 Å². The fourth-order valence-electron chi connectivity index (χ4n) is 4.48. The monoisotopic (exact) mass is 536 g/mol. The molecule has 0 amide bonds. The van der Waals surface area contributed by atoms with Crippen LogP contribution in [0.2, 0.25) is 0 Å². The Balaban J connectivity index is 0.000000360. The molecule has 0 radical (unpaired) electrons. The second-order valence-corrected chi connectivity index (χ2v) is 10.6. The average Bonchev–Trinajstić information content (AvgIpc) is 3.79. The zero-order chi connectivity index (χ0) is 26.7. The van der Waals surface area contributed by atoms with E-state index in [2.05, 4.69) is 18.4 Å². The van der Waals surface area contributed by atoms with Gasteiger partial charge < -0.3 is 14.2 Å². The zero-order valence-electron chi connectivity index (χ0n) is 22.3. The number of ether oxygens (including phenoxy) is 3. The Kier molecular flexibility index (Phi) is 10.5. The molecule has 1 saturated carbocycles. The van der Waals surface area contributed by atoms with Gasteiger partial charge >= 0.3 is 5.97 Å². The highest BCUT2D eigenvalue weighted by Gasteiger charge is 2.30. The maximum absolute atomic E-state index is 14.8. The van der Waals surface area contributed by atoms with Crippen LogP contribution < -0.4 is 9.47 Å². The van der Waals surface area contributed by atoms with E-state index < -0.39 is 0 Å². The van der Waals surface area contributed by atoms with Gasteiger partial charge in [-0.25, -0.2) is 4.39 Å². The first-order valence-electron chi connectivity index (χ1n) is 13.5. The van der Waals surface area contributed by atoms with Crippen LogP contribution in [0.3, 0.4) is 0 Å². The van der Waals surface area contributed by atoms with Gasteiger partial charge in [0.15, 0.2) is 0 Å². The smallest absolute Gasteiger partial charge is 0.308 e. The van der Waals surface area contributed by atoms with E-state index in [0.717, 1.165) is 73.5 Å². The van der Waals surface area contributed by atoms with Crippen molar-refractivity contribution in [3.05, 3.63) is 83.2 Å². The summed E-state index contributed by atoms with van der Waals surface area (Å²) in [6, 6.07) is 19.5. The minimum Gasteiger partial charge on any atom is -0.494 e. The van der Waals surface area contributed by atoms with Crippen molar-refractivity contribution in [2.75, 3.05) is 25.2 Å². The maximum Gasteiger partial charge on any atom is 0.308 e. The number of thioether (sulfide) groups is 1. The van der Waals surface area contributed by atoms with Crippen LogP contribution in [-0.2, 0) is 29.0 Å². The number of esters is 1. The molecule has 3 aromatic carbocycles. The molecule has 0 aliphatic heterocycles. The van der Waals surface area contributed by atoms with Crippen LogP contribution in [0.25, 0.3) is 11.1 Å². The number of halogens is 1. The molecule has 4 nitrogen and oxygen atoms in total. The molecule has 0 saturated heterocycles. The molecule has 0 unspecified atom stereocenters. The van der Waals surface area contributed by atoms with E-state index in [-0.39, 0.29) is 24.3 Å². The van der Waals surface area contributed by atoms with Gasteiger partial charge in [0.25, 0.3) is 0 Å². The first kappa shape index (κ1) is 28.0. The Bertz CT molecular complexity index is 1190. The van der Waals surface area contributed by atoms with Gasteiger partial charge in [-0.05, 0) is 116 Å². The standard InChI is InChI=1S/C26H27FO2S.C6H10O2/c1-30-14-6-13-28-23-11-12-24-19(15-23)7-5-8-20-17-26(27)21(16-25(20)24)18-29-22-9-3-2-4-10-22;1-2-8-6(7)5-3-4-5/h2-4,9-12,15-17H,5-8,13-14,18H2,1H3;5H,2-4H2,1H3. The van der Waals surface area contributed by atoms with Crippen molar-refractivity contribution >= 4 is 17.7 Å². The molecule has 0 spiro atoms. The van der Waals surface area contributed by atoms with Crippen molar-refractivity contribution in [1.82, 2.24) is 0 Å². The Morgan fingerprint density at radius 2 is 1.71 bits per heavy atom. The summed E-state index contributed by atoms with van der Waals surface area (Å²) in [6.07, 6.45) is 8.11. The van der Waals surface area contributed by atoms with Crippen molar-refractivity contribution in [1.29, 1.82) is 0 Å². The predicted molar refractivity (Wildman–Crippen MR) is 152 cm³/mol. The Morgan fingerprint density at radius 1 is 0.947 bits per heavy atom. The van der Waals surface area contributed by atoms with Crippen LogP contribution in [0.15, 0.2) is 60.7 Å². The summed E-state index contributed by atoms with van der Waals surface area (Å²) >= 11 is 1.84. The Labute approximate surface area is 229 Å². The quantitative estimate of drug-likeness (QED) is 0.197. The average molecular weight is 537 g/mol. The van der Waals surface area contributed by atoms with Crippen molar-refractivity contribution < 1.29 is 23.4 Å². The third-order valence-electron chi connectivity index (χ3n) is 6.63. The fraction of sp³-hybridized carbons (Fsp3) is 0.406. The van der Waals surface area contributed by atoms with Gasteiger partial charge in [-0.3, -0.25) is 4.79 Å². The van der Waals surface area contributed by atoms with Gasteiger partial charge in [0.1, 0.15) is 23.9 Å². The third kappa shape index (κ3) is 8.00. The second kappa shape index (κ2) is 14.2. The number of hydrogen-bond donors (Lipinski definition) is 0. The summed E-state index contributed by atoms with van der Waals surface area (Å²) in [5.74, 6) is 2.84. The summed E-state index contributed by atoms with van der Waals surface area (Å²) < 4.78 is 31.2. The van der Waals surface area contributed by atoms with E-state index >= 15 is 0 Å². The SMILES string of the molecule is CCOC(=O)C1CC1.CSCCCOc1ccc2c(c1)CCCc1cc(F)c(COc3ccccc3)cc1-2. The Morgan fingerprint density at radius 3 is 2.42 bits per heavy atom. The van der Waals surface area contributed by atoms with E-state index in [1.807, 2.05) is 61.2 Å². The van der Waals surface area contributed by atoms with E-state index in [0.29, 0.717) is 12.2 Å². The van der Waals surface area contributed by atoms with Gasteiger partial charge in [-0.15, -0.1) is 0 Å². The largest absolute Gasteiger partial charge is 0.494 e. The van der Waals surface area contributed by atoms with E-state index in [1.54, 1.807) is 6.07 Å². The molecule has 38 heavy (non-hydrogen) atoms. The second-order valence-electron chi connectivity index (χ2n) is 9.60. The molecule has 6 heteroatoms. The van der Waals surface area contributed by atoms with Crippen LogP contribution in [0, 0.1) is 11.7 Å². The van der Waals surface area contributed by atoms with Crippen molar-refractivity contribution in [3.63, 3.8) is 0 Å². The highest BCUT2D eigenvalue weighted by Crippen LogP contribution is 2.36. The number of hydrogen-bond acceptors (Lipinski definition) is 5. The van der Waals surface area contributed by atoms with Crippen LogP contribution >= 0.6 is 11.8 Å². The summed E-state index contributed by atoms with van der Waals surface area (Å²) in [5.41, 5.74) is 5.23. The molecule has 2 aliphatic carbocycles. The molecular formula is C32H37FO4S. The number of aryl methyl sites for hydroxylation is 2. The molecule has 2 aliphatic rings. The van der Waals surface area contributed by atoms with Crippen molar-refractivity contribution in [3.8, 4) is 22.6 Å².